The quantitative estimate of drug-likeness (QED) is 0.922. The predicted molar refractivity (Wildman–Crippen MR) is 86.9 cm³/mol. The molecule has 0 radical (unpaired) electrons. The van der Waals surface area contributed by atoms with Crippen LogP contribution in [0, 0.1) is 0 Å². The third-order valence-electron chi connectivity index (χ3n) is 5.40. The fraction of sp³-hybridized carbons (Fsp3) is 0.667. The first-order valence-electron chi connectivity index (χ1n) is 8.40. The first-order valence-corrected chi connectivity index (χ1v) is 8.40. The maximum Gasteiger partial charge on any atom is 0.123 e. The number of para-hydroxylation sites is 1. The molecule has 2 atom stereocenters. The molecule has 1 fully saturated rings. The Morgan fingerprint density at radius 3 is 2.76 bits per heavy atom. The van der Waals surface area contributed by atoms with E-state index in [2.05, 4.69) is 55.3 Å². The van der Waals surface area contributed by atoms with Crippen molar-refractivity contribution in [2.24, 2.45) is 0 Å². The zero-order valence-electron chi connectivity index (χ0n) is 13.6. The van der Waals surface area contributed by atoms with Crippen LogP contribution in [-0.4, -0.2) is 42.2 Å². The summed E-state index contributed by atoms with van der Waals surface area (Å²) in [4.78, 5) is 2.69. The van der Waals surface area contributed by atoms with Gasteiger partial charge in [-0.15, -0.1) is 0 Å². The molecule has 0 saturated carbocycles. The highest BCUT2D eigenvalue weighted by atomic mass is 16.5. The average Bonchev–Trinajstić information content (AvgIpc) is 2.90. The average molecular weight is 288 g/mol. The van der Waals surface area contributed by atoms with E-state index < -0.39 is 0 Å². The van der Waals surface area contributed by atoms with E-state index in [9.17, 15) is 0 Å². The van der Waals surface area contributed by atoms with Crippen LogP contribution < -0.4 is 10.1 Å². The molecular formula is C18H28N2O. The third-order valence-corrected chi connectivity index (χ3v) is 5.40. The number of hydrogen-bond acceptors (Lipinski definition) is 3. The Bertz CT molecular complexity index is 459. The fourth-order valence-corrected chi connectivity index (χ4v) is 3.88. The molecule has 116 valence electrons. The number of piperazine rings is 1. The maximum atomic E-state index is 6.17. The summed E-state index contributed by atoms with van der Waals surface area (Å²) in [6, 6.07) is 9.04. The highest BCUT2D eigenvalue weighted by Crippen LogP contribution is 2.32. The highest BCUT2D eigenvalue weighted by molar-refractivity contribution is 5.37. The van der Waals surface area contributed by atoms with Crippen LogP contribution in [0.1, 0.15) is 39.2 Å². The van der Waals surface area contributed by atoms with Crippen LogP contribution in [-0.2, 0) is 6.42 Å². The van der Waals surface area contributed by atoms with Crippen LogP contribution in [0.25, 0.3) is 0 Å². The Hall–Kier alpha value is -1.06. The molecule has 1 aromatic rings. The molecule has 0 aliphatic carbocycles. The van der Waals surface area contributed by atoms with Gasteiger partial charge in [-0.25, -0.2) is 0 Å². The molecule has 1 aromatic carbocycles. The Morgan fingerprint density at radius 1 is 1.29 bits per heavy atom. The van der Waals surface area contributed by atoms with Crippen molar-refractivity contribution in [2.75, 3.05) is 19.6 Å². The smallest absolute Gasteiger partial charge is 0.123 e. The van der Waals surface area contributed by atoms with E-state index in [4.69, 9.17) is 4.74 Å². The number of fused-ring (bicyclic) bond motifs is 1. The summed E-state index contributed by atoms with van der Waals surface area (Å²) < 4.78 is 6.17. The first-order chi connectivity index (χ1) is 10.2. The minimum Gasteiger partial charge on any atom is -0.488 e. The zero-order valence-corrected chi connectivity index (χ0v) is 13.6. The monoisotopic (exact) mass is 288 g/mol. The second-order valence-corrected chi connectivity index (χ2v) is 6.67. The second kappa shape index (κ2) is 5.98. The molecule has 0 amide bonds. The Balaban J connectivity index is 1.71. The Labute approximate surface area is 128 Å². The summed E-state index contributed by atoms with van der Waals surface area (Å²) in [7, 11) is 0. The van der Waals surface area contributed by atoms with Gasteiger partial charge in [-0.2, -0.15) is 0 Å². The SMILES string of the molecule is CCC1(CC)CNC(C)CN1CC1Cc2ccccc2O1. The van der Waals surface area contributed by atoms with Gasteiger partial charge in [-0.3, -0.25) is 4.90 Å². The minimum atomic E-state index is 0.296. The number of rotatable bonds is 4. The van der Waals surface area contributed by atoms with Crippen molar-refractivity contribution in [1.29, 1.82) is 0 Å². The van der Waals surface area contributed by atoms with E-state index in [-0.39, 0.29) is 0 Å². The molecule has 2 unspecified atom stereocenters. The highest BCUT2D eigenvalue weighted by Gasteiger charge is 2.39. The van der Waals surface area contributed by atoms with E-state index in [1.54, 1.807) is 0 Å². The lowest BCUT2D eigenvalue weighted by Crippen LogP contribution is -2.65. The van der Waals surface area contributed by atoms with Crippen molar-refractivity contribution >= 4 is 0 Å². The van der Waals surface area contributed by atoms with Crippen molar-refractivity contribution < 1.29 is 4.74 Å². The van der Waals surface area contributed by atoms with Crippen molar-refractivity contribution in [3.05, 3.63) is 29.8 Å². The molecule has 21 heavy (non-hydrogen) atoms. The van der Waals surface area contributed by atoms with Crippen LogP contribution in [0.2, 0.25) is 0 Å². The Kier molecular flexibility index (Phi) is 4.23. The van der Waals surface area contributed by atoms with Gasteiger partial charge < -0.3 is 10.1 Å². The van der Waals surface area contributed by atoms with Gasteiger partial charge in [0.2, 0.25) is 0 Å². The second-order valence-electron chi connectivity index (χ2n) is 6.67. The molecule has 1 saturated heterocycles. The van der Waals surface area contributed by atoms with Crippen molar-refractivity contribution in [1.82, 2.24) is 10.2 Å². The van der Waals surface area contributed by atoms with Gasteiger partial charge in [-0.1, -0.05) is 32.0 Å². The van der Waals surface area contributed by atoms with Crippen molar-refractivity contribution in [2.45, 2.75) is 57.7 Å². The Morgan fingerprint density at radius 2 is 2.05 bits per heavy atom. The van der Waals surface area contributed by atoms with Gasteiger partial charge in [0.15, 0.2) is 0 Å². The molecule has 3 nitrogen and oxygen atoms in total. The molecule has 0 bridgehead atoms. The summed E-state index contributed by atoms with van der Waals surface area (Å²) in [5.74, 6) is 1.09. The van der Waals surface area contributed by atoms with Crippen LogP contribution in [0.5, 0.6) is 5.75 Å². The first kappa shape index (κ1) is 14.9. The van der Waals surface area contributed by atoms with Crippen LogP contribution >= 0.6 is 0 Å². The van der Waals surface area contributed by atoms with E-state index in [0.29, 0.717) is 17.7 Å². The molecular weight excluding hydrogens is 260 g/mol. The lowest BCUT2D eigenvalue weighted by atomic mass is 9.87. The third kappa shape index (κ3) is 2.82. The summed E-state index contributed by atoms with van der Waals surface area (Å²) >= 11 is 0. The zero-order chi connectivity index (χ0) is 14.9. The van der Waals surface area contributed by atoms with Crippen LogP contribution in [0.3, 0.4) is 0 Å². The summed E-state index contributed by atoms with van der Waals surface area (Å²) in [5, 5.41) is 3.66. The van der Waals surface area contributed by atoms with Gasteiger partial charge in [0.05, 0.1) is 0 Å². The van der Waals surface area contributed by atoms with E-state index in [1.807, 2.05) is 0 Å². The molecule has 3 rings (SSSR count). The largest absolute Gasteiger partial charge is 0.488 e. The number of benzene rings is 1. The maximum absolute atomic E-state index is 6.17. The van der Waals surface area contributed by atoms with Crippen LogP contribution in [0.4, 0.5) is 0 Å². The molecule has 2 aliphatic rings. The summed E-state index contributed by atoms with van der Waals surface area (Å²) in [5.41, 5.74) is 1.66. The van der Waals surface area contributed by atoms with Gasteiger partial charge in [0, 0.05) is 37.6 Å². The molecule has 0 spiro atoms. The topological polar surface area (TPSA) is 24.5 Å². The normalized spacial score (nSPS) is 28.1. The van der Waals surface area contributed by atoms with Crippen molar-refractivity contribution in [3.63, 3.8) is 0 Å². The fourth-order valence-electron chi connectivity index (χ4n) is 3.88. The minimum absolute atomic E-state index is 0.296. The molecule has 1 N–H and O–H groups in total. The molecule has 3 heteroatoms. The summed E-state index contributed by atoms with van der Waals surface area (Å²) in [6.45, 7) is 10.2. The van der Waals surface area contributed by atoms with Gasteiger partial charge in [0.1, 0.15) is 11.9 Å². The number of ether oxygens (including phenoxy) is 1. The standard InChI is InChI=1S/C18H28N2O/c1-4-18(5-2)13-19-14(3)11-20(18)12-16-10-15-8-6-7-9-17(15)21-16/h6-9,14,16,19H,4-5,10-13H2,1-3H3. The lowest BCUT2D eigenvalue weighted by Gasteiger charge is -2.49. The number of nitrogens with one attached hydrogen (secondary N) is 1. The van der Waals surface area contributed by atoms with E-state index in [1.165, 1.54) is 18.4 Å². The van der Waals surface area contributed by atoms with E-state index >= 15 is 0 Å². The van der Waals surface area contributed by atoms with Gasteiger partial charge in [0.25, 0.3) is 0 Å². The lowest BCUT2D eigenvalue weighted by molar-refractivity contribution is 0.00847. The number of hydrogen-bond donors (Lipinski definition) is 1. The molecule has 2 heterocycles. The number of nitrogens with zero attached hydrogens (tertiary/aromatic N) is 1. The molecule has 2 aliphatic heterocycles. The molecule has 0 aromatic heterocycles. The van der Waals surface area contributed by atoms with Crippen LogP contribution in [0.15, 0.2) is 24.3 Å². The summed E-state index contributed by atoms with van der Waals surface area (Å²) in [6.07, 6.45) is 3.76. The predicted octanol–water partition coefficient (Wildman–Crippen LogP) is 2.84. The van der Waals surface area contributed by atoms with Crippen molar-refractivity contribution in [3.8, 4) is 5.75 Å². The van der Waals surface area contributed by atoms with Gasteiger partial charge in [-0.05, 0) is 31.4 Å². The van der Waals surface area contributed by atoms with Gasteiger partial charge >= 0.3 is 0 Å². The van der Waals surface area contributed by atoms with E-state index in [0.717, 1.165) is 31.8 Å².